The van der Waals surface area contributed by atoms with Gasteiger partial charge in [0.05, 0.1) is 42.1 Å². The molecule has 2 aromatic rings. The first-order valence-electron chi connectivity index (χ1n) is 10.4. The third-order valence-corrected chi connectivity index (χ3v) is 7.60. The van der Waals surface area contributed by atoms with Crippen molar-refractivity contribution in [2.75, 3.05) is 19.5 Å². The molecule has 30 heavy (non-hydrogen) atoms. The van der Waals surface area contributed by atoms with Crippen LogP contribution in [0.3, 0.4) is 0 Å². The molecule has 0 spiro atoms. The minimum atomic E-state index is -0.341. The van der Waals surface area contributed by atoms with Crippen molar-refractivity contribution in [3.63, 3.8) is 0 Å². The van der Waals surface area contributed by atoms with E-state index in [0.29, 0.717) is 33.9 Å². The largest absolute Gasteiger partial charge is 0.465 e. The Morgan fingerprint density at radius 3 is 2.37 bits per heavy atom. The molecular formula is C24H24ClNO4. The lowest BCUT2D eigenvalue weighted by atomic mass is 9.67. The Morgan fingerprint density at radius 1 is 0.967 bits per heavy atom. The highest BCUT2D eigenvalue weighted by Crippen LogP contribution is 2.64. The average molecular weight is 426 g/mol. The van der Waals surface area contributed by atoms with Gasteiger partial charge in [-0.05, 0) is 78.3 Å². The molecule has 2 aliphatic carbocycles. The summed E-state index contributed by atoms with van der Waals surface area (Å²) in [6.45, 7) is 0. The van der Waals surface area contributed by atoms with Crippen molar-refractivity contribution in [3.05, 3.63) is 63.7 Å². The molecule has 2 bridgehead atoms. The van der Waals surface area contributed by atoms with Gasteiger partial charge in [0.25, 0.3) is 0 Å². The van der Waals surface area contributed by atoms with E-state index >= 15 is 0 Å². The number of ether oxygens (including phenoxy) is 2. The second-order valence-electron chi connectivity index (χ2n) is 8.55. The van der Waals surface area contributed by atoms with Crippen LogP contribution in [0.25, 0.3) is 0 Å². The van der Waals surface area contributed by atoms with Gasteiger partial charge in [0.2, 0.25) is 0 Å². The van der Waals surface area contributed by atoms with Gasteiger partial charge in [-0.3, -0.25) is 0 Å². The van der Waals surface area contributed by atoms with E-state index in [4.69, 9.17) is 21.1 Å². The quantitative estimate of drug-likeness (QED) is 0.684. The Kier molecular flexibility index (Phi) is 4.73. The summed E-state index contributed by atoms with van der Waals surface area (Å²) in [5.74, 6) is 1.16. The maximum Gasteiger partial charge on any atom is 0.338 e. The summed E-state index contributed by atoms with van der Waals surface area (Å²) in [6, 6.07) is 11.3. The van der Waals surface area contributed by atoms with Crippen LogP contribution < -0.4 is 5.32 Å². The molecule has 1 N–H and O–H groups in total. The number of methoxy groups -OCH3 is 2. The molecule has 3 aliphatic rings. The lowest BCUT2D eigenvalue weighted by Gasteiger charge is -2.44. The molecule has 0 radical (unpaired) electrons. The zero-order valence-electron chi connectivity index (χ0n) is 17.0. The van der Waals surface area contributed by atoms with Crippen LogP contribution in [0.1, 0.15) is 63.1 Å². The number of benzene rings is 2. The van der Waals surface area contributed by atoms with Crippen molar-refractivity contribution in [2.45, 2.75) is 31.2 Å². The Balaban J connectivity index is 1.62. The van der Waals surface area contributed by atoms with E-state index in [9.17, 15) is 9.59 Å². The van der Waals surface area contributed by atoms with Crippen LogP contribution in [-0.4, -0.2) is 26.2 Å². The molecule has 6 heteroatoms. The number of carbonyl (C=O) groups is 2. The molecule has 1 aliphatic heterocycles. The highest BCUT2D eigenvalue weighted by Gasteiger charge is 2.55. The van der Waals surface area contributed by atoms with E-state index < -0.39 is 0 Å². The predicted octanol–water partition coefficient (Wildman–Crippen LogP) is 5.21. The summed E-state index contributed by atoms with van der Waals surface area (Å²) in [4.78, 5) is 24.4. The number of fused-ring (bicyclic) bond motifs is 7. The van der Waals surface area contributed by atoms with Crippen LogP contribution in [0.2, 0.25) is 5.02 Å². The molecule has 0 amide bonds. The second-order valence-corrected chi connectivity index (χ2v) is 8.95. The van der Waals surface area contributed by atoms with Gasteiger partial charge in [-0.2, -0.15) is 0 Å². The van der Waals surface area contributed by atoms with Crippen LogP contribution in [0.5, 0.6) is 0 Å². The van der Waals surface area contributed by atoms with Crippen molar-refractivity contribution in [2.24, 2.45) is 17.8 Å². The Morgan fingerprint density at radius 2 is 1.67 bits per heavy atom. The normalized spacial score (nSPS) is 28.3. The van der Waals surface area contributed by atoms with Gasteiger partial charge < -0.3 is 14.8 Å². The lowest BCUT2D eigenvalue weighted by molar-refractivity contribution is 0.0590. The number of nitrogens with one attached hydrogen (secondary N) is 1. The van der Waals surface area contributed by atoms with E-state index in [1.54, 1.807) is 12.1 Å². The van der Waals surface area contributed by atoms with Gasteiger partial charge in [-0.25, -0.2) is 9.59 Å². The Bertz CT molecular complexity index is 1020. The first-order valence-corrected chi connectivity index (χ1v) is 10.8. The molecule has 5 atom stereocenters. The van der Waals surface area contributed by atoms with Gasteiger partial charge in [-0.1, -0.05) is 23.7 Å². The standard InChI is InChI=1S/C24H24ClNO4/c1-29-23(27)13-5-3-12(4-6-13)21-19-15-8-7-14(11-15)18(19)20-16(24(28)30-2)9-10-17(25)22(20)26-21/h3-6,9-10,14-15,18-19,21,26H,7-8,11H2,1-2H3. The number of rotatable bonds is 3. The van der Waals surface area contributed by atoms with E-state index in [1.807, 2.05) is 24.3 Å². The monoisotopic (exact) mass is 425 g/mol. The molecule has 2 aromatic carbocycles. The maximum atomic E-state index is 12.5. The summed E-state index contributed by atoms with van der Waals surface area (Å²) in [5, 5.41) is 4.28. The van der Waals surface area contributed by atoms with Crippen molar-refractivity contribution in [1.29, 1.82) is 0 Å². The summed E-state index contributed by atoms with van der Waals surface area (Å²) in [6.07, 6.45) is 3.58. The zero-order valence-corrected chi connectivity index (χ0v) is 17.7. The Hall–Kier alpha value is -2.53. The number of esters is 2. The molecule has 156 valence electrons. The SMILES string of the molecule is COC(=O)c1ccc(C2Nc3c(Cl)ccc(C(=O)OC)c3C3C4CCC(C4)C23)cc1. The fraction of sp³-hybridized carbons (Fsp3) is 0.417. The fourth-order valence-electron chi connectivity index (χ4n) is 6.12. The molecule has 0 saturated heterocycles. The van der Waals surface area contributed by atoms with Gasteiger partial charge in [0.1, 0.15) is 0 Å². The first kappa shape index (κ1) is 19.4. The second kappa shape index (κ2) is 7.31. The molecule has 1 heterocycles. The average Bonchev–Trinajstić information content (AvgIpc) is 3.41. The topological polar surface area (TPSA) is 64.6 Å². The zero-order chi connectivity index (χ0) is 21.0. The van der Waals surface area contributed by atoms with Gasteiger partial charge in [0, 0.05) is 0 Å². The third kappa shape index (κ3) is 2.83. The van der Waals surface area contributed by atoms with E-state index in [1.165, 1.54) is 33.5 Å². The number of anilines is 1. The molecule has 5 unspecified atom stereocenters. The molecular weight excluding hydrogens is 402 g/mol. The minimum absolute atomic E-state index is 0.0786. The van der Waals surface area contributed by atoms with Crippen molar-refractivity contribution in [1.82, 2.24) is 0 Å². The molecule has 2 fully saturated rings. The van der Waals surface area contributed by atoms with Crippen LogP contribution in [0.4, 0.5) is 5.69 Å². The smallest absolute Gasteiger partial charge is 0.338 e. The molecule has 2 saturated carbocycles. The van der Waals surface area contributed by atoms with Crippen LogP contribution in [0, 0.1) is 17.8 Å². The van der Waals surface area contributed by atoms with Gasteiger partial charge >= 0.3 is 11.9 Å². The van der Waals surface area contributed by atoms with Crippen LogP contribution >= 0.6 is 11.6 Å². The molecule has 0 aromatic heterocycles. The molecule has 5 nitrogen and oxygen atoms in total. The minimum Gasteiger partial charge on any atom is -0.465 e. The predicted molar refractivity (Wildman–Crippen MR) is 114 cm³/mol. The fourth-order valence-corrected chi connectivity index (χ4v) is 6.34. The number of hydrogen-bond donors (Lipinski definition) is 1. The van der Waals surface area contributed by atoms with Gasteiger partial charge in [-0.15, -0.1) is 0 Å². The summed E-state index contributed by atoms with van der Waals surface area (Å²) < 4.78 is 9.90. The van der Waals surface area contributed by atoms with E-state index in [-0.39, 0.29) is 23.9 Å². The van der Waals surface area contributed by atoms with Crippen molar-refractivity contribution >= 4 is 29.2 Å². The number of halogens is 1. The maximum absolute atomic E-state index is 12.5. The van der Waals surface area contributed by atoms with E-state index in [0.717, 1.165) is 16.8 Å². The highest BCUT2D eigenvalue weighted by atomic mass is 35.5. The number of carbonyl (C=O) groups excluding carboxylic acids is 2. The lowest BCUT2D eigenvalue weighted by Crippen LogP contribution is -2.36. The first-order chi connectivity index (χ1) is 14.5. The van der Waals surface area contributed by atoms with E-state index in [2.05, 4.69) is 5.32 Å². The Labute approximate surface area is 180 Å². The summed E-state index contributed by atoms with van der Waals surface area (Å²) >= 11 is 6.62. The molecule has 5 rings (SSSR count). The highest BCUT2D eigenvalue weighted by molar-refractivity contribution is 6.33. The third-order valence-electron chi connectivity index (χ3n) is 7.29. The number of hydrogen-bond acceptors (Lipinski definition) is 5. The van der Waals surface area contributed by atoms with Gasteiger partial charge in [0.15, 0.2) is 0 Å². The van der Waals surface area contributed by atoms with Crippen molar-refractivity contribution in [3.8, 4) is 0 Å². The summed E-state index contributed by atoms with van der Waals surface area (Å²) in [5.41, 5.74) is 4.14. The van der Waals surface area contributed by atoms with Crippen LogP contribution in [0.15, 0.2) is 36.4 Å². The van der Waals surface area contributed by atoms with Crippen LogP contribution in [-0.2, 0) is 9.47 Å². The summed E-state index contributed by atoms with van der Waals surface area (Å²) in [7, 11) is 2.81. The van der Waals surface area contributed by atoms with Crippen molar-refractivity contribution < 1.29 is 19.1 Å².